The summed E-state index contributed by atoms with van der Waals surface area (Å²) in [6.07, 6.45) is 3.93. The molecule has 1 aliphatic rings. The molecule has 1 saturated heterocycles. The number of hydrogen-bond acceptors (Lipinski definition) is 5. The molecule has 1 aromatic carbocycles. The Hall–Kier alpha value is -3.13. The Kier molecular flexibility index (Phi) is 6.76. The number of aliphatic imine (C=N–C) groups is 1. The molecule has 0 spiro atoms. The fourth-order valence-corrected chi connectivity index (χ4v) is 3.71. The molecule has 1 atom stereocenters. The van der Waals surface area contributed by atoms with Crippen LogP contribution in [0.15, 0.2) is 58.1 Å². The first-order valence-electron chi connectivity index (χ1n) is 10.6. The summed E-state index contributed by atoms with van der Waals surface area (Å²) in [5.41, 5.74) is 1.36. The van der Waals surface area contributed by atoms with Crippen molar-refractivity contribution in [3.63, 3.8) is 0 Å². The smallest absolute Gasteiger partial charge is 0.216 e. The molecular weight excluding hydrogens is 378 g/mol. The summed E-state index contributed by atoms with van der Waals surface area (Å²) in [4.78, 5) is 11.7. The van der Waals surface area contributed by atoms with E-state index in [0.717, 1.165) is 38.6 Å². The Morgan fingerprint density at radius 1 is 1.27 bits per heavy atom. The van der Waals surface area contributed by atoms with Gasteiger partial charge >= 0.3 is 0 Å². The zero-order valence-electron chi connectivity index (χ0n) is 17.3. The second-order valence-electron chi connectivity index (χ2n) is 7.48. The molecule has 0 radical (unpaired) electrons. The molecule has 8 heteroatoms. The molecule has 8 nitrogen and oxygen atoms in total. The fourth-order valence-electron chi connectivity index (χ4n) is 3.71. The summed E-state index contributed by atoms with van der Waals surface area (Å²) in [6.45, 7) is 6.42. The zero-order valence-corrected chi connectivity index (χ0v) is 17.3. The van der Waals surface area contributed by atoms with Crippen LogP contribution < -0.4 is 10.6 Å². The molecular formula is C22H29N7O. The number of nitrogens with one attached hydrogen (secondary N) is 3. The van der Waals surface area contributed by atoms with Crippen LogP contribution in [0.2, 0.25) is 0 Å². The zero-order chi connectivity index (χ0) is 20.6. The third-order valence-corrected chi connectivity index (χ3v) is 5.10. The van der Waals surface area contributed by atoms with Crippen LogP contribution >= 0.6 is 0 Å². The quantitative estimate of drug-likeness (QED) is 0.412. The molecule has 0 aliphatic carbocycles. The minimum Gasteiger partial charge on any atom is -0.461 e. The number of hydrogen-bond donors (Lipinski definition) is 3. The Labute approximate surface area is 176 Å². The van der Waals surface area contributed by atoms with Crippen molar-refractivity contribution in [2.24, 2.45) is 4.99 Å². The summed E-state index contributed by atoms with van der Waals surface area (Å²) >= 11 is 0. The van der Waals surface area contributed by atoms with Crippen molar-refractivity contribution < 1.29 is 4.42 Å². The minimum atomic E-state index is 0.369. The summed E-state index contributed by atoms with van der Waals surface area (Å²) in [7, 11) is 0. The number of piperidine rings is 1. The molecule has 0 bridgehead atoms. The lowest BCUT2D eigenvalue weighted by Crippen LogP contribution is -2.51. The highest BCUT2D eigenvalue weighted by Gasteiger charge is 2.21. The van der Waals surface area contributed by atoms with Gasteiger partial charge in [-0.2, -0.15) is 0 Å². The van der Waals surface area contributed by atoms with Crippen molar-refractivity contribution in [3.8, 4) is 11.6 Å². The van der Waals surface area contributed by atoms with Crippen molar-refractivity contribution in [2.75, 3.05) is 19.6 Å². The number of likely N-dealkylation sites (tertiary alicyclic amines) is 1. The van der Waals surface area contributed by atoms with Gasteiger partial charge in [-0.1, -0.05) is 30.3 Å². The number of aromatic amines is 1. The second kappa shape index (κ2) is 10.1. The molecule has 1 fully saturated rings. The maximum absolute atomic E-state index is 5.34. The Bertz CT molecular complexity index is 920. The van der Waals surface area contributed by atoms with E-state index in [1.165, 1.54) is 12.0 Å². The maximum atomic E-state index is 5.34. The van der Waals surface area contributed by atoms with Gasteiger partial charge in [-0.25, -0.2) is 9.98 Å². The average Bonchev–Trinajstić information content (AvgIpc) is 3.45. The van der Waals surface area contributed by atoms with E-state index >= 15 is 0 Å². The van der Waals surface area contributed by atoms with E-state index in [9.17, 15) is 0 Å². The topological polar surface area (TPSA) is 94.4 Å². The SMILES string of the molecule is CCNC(=NCc1nc(-c2ccco2)n[nH]1)NC1CCCN(Cc2ccccc2)C1. The van der Waals surface area contributed by atoms with E-state index in [4.69, 9.17) is 9.41 Å². The van der Waals surface area contributed by atoms with Gasteiger partial charge in [-0.05, 0) is 44.0 Å². The molecule has 3 N–H and O–H groups in total. The van der Waals surface area contributed by atoms with Gasteiger partial charge in [0.25, 0.3) is 0 Å². The Balaban J connectivity index is 1.34. The van der Waals surface area contributed by atoms with Crippen LogP contribution in [0.1, 0.15) is 31.2 Å². The number of nitrogens with zero attached hydrogens (tertiary/aromatic N) is 4. The highest BCUT2D eigenvalue weighted by Crippen LogP contribution is 2.15. The largest absolute Gasteiger partial charge is 0.461 e. The van der Waals surface area contributed by atoms with Crippen LogP contribution in [-0.2, 0) is 13.1 Å². The minimum absolute atomic E-state index is 0.369. The lowest BCUT2D eigenvalue weighted by atomic mass is 10.0. The van der Waals surface area contributed by atoms with E-state index in [0.29, 0.717) is 30.0 Å². The van der Waals surface area contributed by atoms with E-state index in [-0.39, 0.29) is 0 Å². The van der Waals surface area contributed by atoms with Gasteiger partial charge in [0.1, 0.15) is 12.4 Å². The number of furan rings is 1. The lowest BCUT2D eigenvalue weighted by Gasteiger charge is -2.34. The van der Waals surface area contributed by atoms with Crippen LogP contribution in [0.4, 0.5) is 0 Å². The standard InChI is InChI=1S/C22H29N7O/c1-2-23-22(24-14-20-26-21(28-27-20)19-11-7-13-30-19)25-18-10-6-12-29(16-18)15-17-8-4-3-5-9-17/h3-5,7-9,11,13,18H,2,6,10,12,14-16H2,1H3,(H2,23,24,25)(H,26,27,28). The first-order valence-corrected chi connectivity index (χ1v) is 10.6. The molecule has 0 saturated carbocycles. The molecule has 1 aliphatic heterocycles. The van der Waals surface area contributed by atoms with Gasteiger partial charge in [-0.3, -0.25) is 10.00 Å². The number of guanidine groups is 1. The van der Waals surface area contributed by atoms with Gasteiger partial charge in [0, 0.05) is 25.7 Å². The number of rotatable bonds is 7. The van der Waals surface area contributed by atoms with Gasteiger partial charge in [-0.15, -0.1) is 5.10 Å². The number of H-pyrrole nitrogens is 1. The van der Waals surface area contributed by atoms with Crippen LogP contribution in [0.3, 0.4) is 0 Å². The first kappa shape index (κ1) is 20.2. The number of aromatic nitrogens is 3. The fraction of sp³-hybridized carbons (Fsp3) is 0.409. The predicted octanol–water partition coefficient (Wildman–Crippen LogP) is 2.78. The monoisotopic (exact) mass is 407 g/mol. The molecule has 158 valence electrons. The molecule has 4 rings (SSSR count). The van der Waals surface area contributed by atoms with Crippen molar-refractivity contribution in [1.29, 1.82) is 0 Å². The third-order valence-electron chi connectivity index (χ3n) is 5.10. The molecule has 0 amide bonds. The van der Waals surface area contributed by atoms with E-state index in [1.54, 1.807) is 6.26 Å². The van der Waals surface area contributed by atoms with Gasteiger partial charge < -0.3 is 15.1 Å². The Morgan fingerprint density at radius 2 is 2.17 bits per heavy atom. The summed E-state index contributed by atoms with van der Waals surface area (Å²) in [5.74, 6) is 2.70. The first-order chi connectivity index (χ1) is 14.8. The van der Waals surface area contributed by atoms with Crippen LogP contribution in [0.25, 0.3) is 11.6 Å². The van der Waals surface area contributed by atoms with E-state index < -0.39 is 0 Å². The van der Waals surface area contributed by atoms with Gasteiger partial charge in [0.2, 0.25) is 5.82 Å². The summed E-state index contributed by atoms with van der Waals surface area (Å²) in [6, 6.07) is 14.7. The average molecular weight is 408 g/mol. The van der Waals surface area contributed by atoms with E-state index in [2.05, 4.69) is 68.0 Å². The normalized spacial score (nSPS) is 17.8. The van der Waals surface area contributed by atoms with Crippen molar-refractivity contribution >= 4 is 5.96 Å². The predicted molar refractivity (Wildman–Crippen MR) is 117 cm³/mol. The van der Waals surface area contributed by atoms with Crippen molar-refractivity contribution in [2.45, 2.75) is 38.9 Å². The molecule has 3 heterocycles. The maximum Gasteiger partial charge on any atom is 0.216 e. The van der Waals surface area contributed by atoms with Crippen LogP contribution in [0, 0.1) is 0 Å². The Morgan fingerprint density at radius 3 is 2.97 bits per heavy atom. The third kappa shape index (κ3) is 5.48. The van der Waals surface area contributed by atoms with Gasteiger partial charge in [0.05, 0.1) is 6.26 Å². The van der Waals surface area contributed by atoms with Crippen LogP contribution in [0.5, 0.6) is 0 Å². The summed E-state index contributed by atoms with van der Waals surface area (Å²) < 4.78 is 5.34. The van der Waals surface area contributed by atoms with Crippen molar-refractivity contribution in [3.05, 3.63) is 60.1 Å². The van der Waals surface area contributed by atoms with Crippen LogP contribution in [-0.4, -0.2) is 51.7 Å². The highest BCUT2D eigenvalue weighted by atomic mass is 16.3. The summed E-state index contributed by atoms with van der Waals surface area (Å²) in [5, 5.41) is 14.1. The molecule has 1 unspecified atom stereocenters. The van der Waals surface area contributed by atoms with Gasteiger partial charge in [0.15, 0.2) is 11.7 Å². The van der Waals surface area contributed by atoms with Crippen molar-refractivity contribution in [1.82, 2.24) is 30.7 Å². The number of benzene rings is 1. The lowest BCUT2D eigenvalue weighted by molar-refractivity contribution is 0.192. The van der Waals surface area contributed by atoms with E-state index in [1.807, 2.05) is 12.1 Å². The molecule has 2 aromatic heterocycles. The second-order valence-corrected chi connectivity index (χ2v) is 7.48. The highest BCUT2D eigenvalue weighted by molar-refractivity contribution is 5.80. The molecule has 30 heavy (non-hydrogen) atoms. The molecule has 3 aromatic rings.